The Bertz CT molecular complexity index is 266. The molecule has 0 spiro atoms. The fourth-order valence-corrected chi connectivity index (χ4v) is 0.992. The number of rotatable bonds is 1. The van der Waals surface area contributed by atoms with E-state index in [1.54, 1.807) is 6.07 Å². The zero-order valence-corrected chi connectivity index (χ0v) is 5.61. The van der Waals surface area contributed by atoms with E-state index in [1.807, 2.05) is 18.2 Å². The molecular weight excluding hydrogens is 146 g/mol. The van der Waals surface area contributed by atoms with Crippen molar-refractivity contribution in [2.24, 2.45) is 0 Å². The smallest absolute Gasteiger partial charge is 0.112 e. The second-order valence-corrected chi connectivity index (χ2v) is 2.13. The van der Waals surface area contributed by atoms with Gasteiger partial charge in [-0.15, -0.1) is 10.7 Å². The number of hydrazine groups is 2. The molecule has 1 aromatic rings. The molecule has 0 saturated heterocycles. The van der Waals surface area contributed by atoms with Crippen LogP contribution >= 0.6 is 0 Å². The van der Waals surface area contributed by atoms with Crippen molar-refractivity contribution in [1.29, 1.82) is 0 Å². The Kier molecular flexibility index (Phi) is 1.39. The summed E-state index contributed by atoms with van der Waals surface area (Å²) < 4.78 is 0. The zero-order chi connectivity index (χ0) is 7.68. The van der Waals surface area contributed by atoms with Crippen LogP contribution in [0.2, 0.25) is 0 Å². The minimum absolute atomic E-state index is 0.745. The van der Waals surface area contributed by atoms with Crippen molar-refractivity contribution in [3.63, 3.8) is 0 Å². The van der Waals surface area contributed by atoms with E-state index in [2.05, 4.69) is 15.9 Å². The van der Waals surface area contributed by atoms with Crippen molar-refractivity contribution in [1.82, 2.24) is 5.53 Å². The molecule has 11 heavy (non-hydrogen) atoms. The summed E-state index contributed by atoms with van der Waals surface area (Å²) in [5.41, 5.74) is 6.98. The third-order valence-corrected chi connectivity index (χ3v) is 1.50. The van der Waals surface area contributed by atoms with E-state index in [1.165, 1.54) is 0 Å². The highest BCUT2D eigenvalue weighted by Gasteiger charge is 2.17. The molecule has 0 fully saturated rings. The third kappa shape index (κ3) is 0.911. The molecule has 3 N–H and O–H groups in total. The van der Waals surface area contributed by atoms with Crippen LogP contribution in [-0.4, -0.2) is 5.26 Å². The van der Waals surface area contributed by atoms with Gasteiger partial charge in [-0.25, -0.2) is 5.26 Å². The van der Waals surface area contributed by atoms with Crippen molar-refractivity contribution in [3.05, 3.63) is 24.3 Å². The molecule has 1 aliphatic rings. The van der Waals surface area contributed by atoms with Crippen LogP contribution in [0.4, 0.5) is 11.4 Å². The summed E-state index contributed by atoms with van der Waals surface area (Å²) in [6.07, 6.45) is 0. The average Bonchev–Trinajstić information content (AvgIpc) is 2.47. The summed E-state index contributed by atoms with van der Waals surface area (Å²) in [6.45, 7) is 0. The second kappa shape index (κ2) is 2.39. The van der Waals surface area contributed by atoms with E-state index < -0.39 is 0 Å². The Morgan fingerprint density at radius 1 is 1.36 bits per heavy atom. The largest absolute Gasteiger partial charge is 0.300 e. The van der Waals surface area contributed by atoms with Crippen LogP contribution < -0.4 is 16.1 Å². The molecule has 0 aliphatic carbocycles. The number of para-hydroxylation sites is 2. The highest BCUT2D eigenvalue weighted by molar-refractivity contribution is 5.71. The zero-order valence-electron chi connectivity index (χ0n) is 5.61. The first-order valence-corrected chi connectivity index (χ1v) is 3.14. The number of nitrogens with one attached hydrogen (secondary N) is 2. The molecular formula is C6H7N3O2. The maximum Gasteiger partial charge on any atom is 0.112 e. The van der Waals surface area contributed by atoms with Gasteiger partial charge in [0.15, 0.2) is 0 Å². The summed E-state index contributed by atoms with van der Waals surface area (Å²) in [5, 5.41) is 9.46. The normalized spacial score (nSPS) is 14.5. The van der Waals surface area contributed by atoms with E-state index in [-0.39, 0.29) is 0 Å². The van der Waals surface area contributed by atoms with Crippen LogP contribution in [0.3, 0.4) is 0 Å². The van der Waals surface area contributed by atoms with Crippen LogP contribution in [0.5, 0.6) is 0 Å². The number of benzene rings is 1. The van der Waals surface area contributed by atoms with Crippen molar-refractivity contribution in [3.8, 4) is 0 Å². The van der Waals surface area contributed by atoms with Crippen LogP contribution in [-0.2, 0) is 4.99 Å². The van der Waals surface area contributed by atoms with E-state index >= 15 is 0 Å². The number of anilines is 2. The predicted octanol–water partition coefficient (Wildman–Crippen LogP) is 0.743. The van der Waals surface area contributed by atoms with E-state index in [0.717, 1.165) is 16.5 Å². The highest BCUT2D eigenvalue weighted by Crippen LogP contribution is 2.27. The first-order valence-electron chi connectivity index (χ1n) is 3.14. The second-order valence-electron chi connectivity index (χ2n) is 2.13. The van der Waals surface area contributed by atoms with Gasteiger partial charge in [-0.1, -0.05) is 17.1 Å². The Morgan fingerprint density at radius 3 is 3.00 bits per heavy atom. The molecule has 1 heterocycles. The van der Waals surface area contributed by atoms with E-state index in [0.29, 0.717) is 0 Å². The van der Waals surface area contributed by atoms with Gasteiger partial charge in [-0.2, -0.15) is 0 Å². The molecule has 0 saturated carbocycles. The molecule has 58 valence electrons. The lowest BCUT2D eigenvalue weighted by molar-refractivity contribution is -0.260. The van der Waals surface area contributed by atoms with Crippen molar-refractivity contribution >= 4 is 11.4 Å². The van der Waals surface area contributed by atoms with Gasteiger partial charge in [0.2, 0.25) is 0 Å². The molecule has 1 aliphatic heterocycles. The molecule has 5 nitrogen and oxygen atoms in total. The van der Waals surface area contributed by atoms with Gasteiger partial charge in [0.05, 0.1) is 5.69 Å². The topological polar surface area (TPSA) is 56.8 Å². The van der Waals surface area contributed by atoms with Crippen LogP contribution in [0, 0.1) is 0 Å². The summed E-state index contributed by atoms with van der Waals surface area (Å²) >= 11 is 0. The summed E-state index contributed by atoms with van der Waals surface area (Å²) in [6, 6.07) is 7.40. The fourth-order valence-electron chi connectivity index (χ4n) is 0.992. The van der Waals surface area contributed by atoms with Crippen LogP contribution in [0.25, 0.3) is 0 Å². The lowest BCUT2D eigenvalue weighted by atomic mass is 10.3. The minimum Gasteiger partial charge on any atom is -0.300 e. The van der Waals surface area contributed by atoms with Gasteiger partial charge >= 0.3 is 0 Å². The van der Waals surface area contributed by atoms with Crippen LogP contribution in [0.15, 0.2) is 24.3 Å². The maximum atomic E-state index is 8.34. The maximum absolute atomic E-state index is 8.34. The van der Waals surface area contributed by atoms with E-state index in [9.17, 15) is 0 Å². The van der Waals surface area contributed by atoms with Gasteiger partial charge in [-0.3, -0.25) is 5.43 Å². The molecule has 2 rings (SSSR count). The van der Waals surface area contributed by atoms with Gasteiger partial charge in [-0.05, 0) is 12.1 Å². The molecule has 0 aromatic heterocycles. The van der Waals surface area contributed by atoms with E-state index in [4.69, 9.17) is 5.26 Å². The number of hydrogen-bond acceptors (Lipinski definition) is 5. The molecule has 5 heteroatoms. The molecule has 0 bridgehead atoms. The van der Waals surface area contributed by atoms with Gasteiger partial charge in [0.25, 0.3) is 0 Å². The third-order valence-electron chi connectivity index (χ3n) is 1.50. The monoisotopic (exact) mass is 153 g/mol. The summed E-state index contributed by atoms with van der Waals surface area (Å²) in [4.78, 5) is 4.00. The Hall–Kier alpha value is -1.30. The quantitative estimate of drug-likeness (QED) is 0.410. The molecule has 0 amide bonds. The summed E-state index contributed by atoms with van der Waals surface area (Å²) in [5.74, 6) is 0. The summed E-state index contributed by atoms with van der Waals surface area (Å²) in [7, 11) is 0. The number of nitrogens with zero attached hydrogens (tertiary/aromatic N) is 1. The first kappa shape index (κ1) is 6.41. The number of fused-ring (bicyclic) bond motifs is 1. The lowest BCUT2D eigenvalue weighted by Crippen LogP contribution is -2.34. The van der Waals surface area contributed by atoms with Gasteiger partial charge < -0.3 is 0 Å². The highest BCUT2D eigenvalue weighted by atomic mass is 17.2. The van der Waals surface area contributed by atoms with Crippen LogP contribution in [0.1, 0.15) is 0 Å². The van der Waals surface area contributed by atoms with Crippen molar-refractivity contribution in [2.45, 2.75) is 0 Å². The van der Waals surface area contributed by atoms with Crippen molar-refractivity contribution < 1.29 is 10.2 Å². The fraction of sp³-hybridized carbons (Fsp3) is 0. The SMILES string of the molecule is OON1NNc2ccccc21. The Morgan fingerprint density at radius 2 is 2.18 bits per heavy atom. The molecule has 1 aromatic carbocycles. The molecule has 0 atom stereocenters. The molecule has 0 unspecified atom stereocenters. The molecule has 0 radical (unpaired) electrons. The number of hydrogen-bond donors (Lipinski definition) is 3. The van der Waals surface area contributed by atoms with Crippen molar-refractivity contribution in [2.75, 3.05) is 10.6 Å². The Balaban J connectivity index is 2.39. The predicted molar refractivity (Wildman–Crippen MR) is 39.4 cm³/mol. The lowest BCUT2D eigenvalue weighted by Gasteiger charge is -2.09. The van der Waals surface area contributed by atoms with Gasteiger partial charge in [0.1, 0.15) is 5.69 Å². The average molecular weight is 153 g/mol. The van der Waals surface area contributed by atoms with Gasteiger partial charge in [0, 0.05) is 0 Å². The Labute approximate surface area is 63.0 Å². The first-order chi connectivity index (χ1) is 5.42. The standard InChI is InChI=1S/C6H7N3O2/c10-11-9-6-4-2-1-3-5(6)7-8-9/h1-4,7-8,10H. The minimum atomic E-state index is 0.745.